The van der Waals surface area contributed by atoms with Gasteiger partial charge in [0.05, 0.1) is 13.2 Å². The summed E-state index contributed by atoms with van der Waals surface area (Å²) in [7, 11) is 0. The van der Waals surface area contributed by atoms with E-state index in [1.165, 1.54) is 0 Å². The number of amides is 1. The van der Waals surface area contributed by atoms with Crippen molar-refractivity contribution in [2.45, 2.75) is 13.8 Å². The average molecular weight is 245 g/mol. The molecule has 6 heteroatoms. The first-order valence-corrected chi connectivity index (χ1v) is 5.39. The molecule has 0 bridgehead atoms. The summed E-state index contributed by atoms with van der Waals surface area (Å²) in [5, 5.41) is 2.43. The molecule has 17 heavy (non-hydrogen) atoms. The quantitative estimate of drug-likeness (QED) is 0.390. The summed E-state index contributed by atoms with van der Waals surface area (Å²) in [5.41, 5.74) is 0.323. The van der Waals surface area contributed by atoms with Crippen LogP contribution in [0.15, 0.2) is 12.2 Å². The predicted octanol–water partition coefficient (Wildman–Crippen LogP) is 0.868. The Morgan fingerprint density at radius 2 is 1.88 bits per heavy atom. The van der Waals surface area contributed by atoms with E-state index in [2.05, 4.69) is 11.9 Å². The van der Waals surface area contributed by atoms with E-state index in [0.29, 0.717) is 18.8 Å². The minimum absolute atomic E-state index is 0.0895. The molecule has 6 nitrogen and oxygen atoms in total. The van der Waals surface area contributed by atoms with Crippen LogP contribution in [0.4, 0.5) is 4.79 Å². The molecule has 1 amide bonds. The molecular formula is C11H19NO5. The molecule has 0 atom stereocenters. The minimum atomic E-state index is -0.559. The molecule has 0 radical (unpaired) electrons. The van der Waals surface area contributed by atoms with Gasteiger partial charge in [-0.1, -0.05) is 6.58 Å². The van der Waals surface area contributed by atoms with Gasteiger partial charge >= 0.3 is 12.1 Å². The monoisotopic (exact) mass is 245 g/mol. The van der Waals surface area contributed by atoms with E-state index >= 15 is 0 Å². The zero-order chi connectivity index (χ0) is 13.1. The van der Waals surface area contributed by atoms with Crippen molar-refractivity contribution in [1.29, 1.82) is 0 Å². The summed E-state index contributed by atoms with van der Waals surface area (Å²) >= 11 is 0. The molecule has 0 aromatic heterocycles. The van der Waals surface area contributed by atoms with E-state index in [1.54, 1.807) is 6.92 Å². The van der Waals surface area contributed by atoms with Gasteiger partial charge in [-0.2, -0.15) is 0 Å². The smallest absolute Gasteiger partial charge is 0.407 e. The van der Waals surface area contributed by atoms with Crippen LogP contribution in [-0.4, -0.2) is 45.0 Å². The first-order chi connectivity index (χ1) is 8.07. The summed E-state index contributed by atoms with van der Waals surface area (Å²) in [5.74, 6) is -0.475. The molecule has 0 rings (SSSR count). The Balaban J connectivity index is 3.39. The van der Waals surface area contributed by atoms with Gasteiger partial charge < -0.3 is 19.5 Å². The van der Waals surface area contributed by atoms with Crippen LogP contribution >= 0.6 is 0 Å². The van der Waals surface area contributed by atoms with Gasteiger partial charge in [-0.05, 0) is 13.8 Å². The third-order valence-electron chi connectivity index (χ3n) is 1.62. The average Bonchev–Trinajstić information content (AvgIpc) is 2.29. The molecule has 0 heterocycles. The molecule has 0 aliphatic rings. The molecule has 0 spiro atoms. The maximum atomic E-state index is 11.0. The lowest BCUT2D eigenvalue weighted by Crippen LogP contribution is -2.29. The van der Waals surface area contributed by atoms with E-state index in [-0.39, 0.29) is 19.8 Å². The highest BCUT2D eigenvalue weighted by atomic mass is 16.6. The van der Waals surface area contributed by atoms with Gasteiger partial charge in [0.2, 0.25) is 0 Å². The minimum Gasteiger partial charge on any atom is -0.460 e. The van der Waals surface area contributed by atoms with Gasteiger partial charge in [-0.25, -0.2) is 9.59 Å². The van der Waals surface area contributed by atoms with Gasteiger partial charge in [0, 0.05) is 12.2 Å². The fourth-order valence-electron chi connectivity index (χ4n) is 0.809. The Morgan fingerprint density at radius 1 is 1.18 bits per heavy atom. The van der Waals surface area contributed by atoms with Crippen molar-refractivity contribution >= 4 is 12.1 Å². The maximum Gasteiger partial charge on any atom is 0.407 e. The van der Waals surface area contributed by atoms with Crippen LogP contribution in [0.2, 0.25) is 0 Å². The third-order valence-corrected chi connectivity index (χ3v) is 1.62. The van der Waals surface area contributed by atoms with Crippen molar-refractivity contribution in [3.63, 3.8) is 0 Å². The lowest BCUT2D eigenvalue weighted by atomic mass is 10.4. The number of rotatable bonds is 8. The summed E-state index contributed by atoms with van der Waals surface area (Å²) < 4.78 is 14.5. The zero-order valence-electron chi connectivity index (χ0n) is 10.3. The number of alkyl carbamates (subject to hydrolysis) is 1. The molecule has 1 N–H and O–H groups in total. The fraction of sp³-hybridized carbons (Fsp3) is 0.636. The molecular weight excluding hydrogens is 226 g/mol. The van der Waals surface area contributed by atoms with Gasteiger partial charge in [-0.15, -0.1) is 0 Å². The van der Waals surface area contributed by atoms with Crippen LogP contribution in [0, 0.1) is 0 Å². The third kappa shape index (κ3) is 9.37. The Morgan fingerprint density at radius 3 is 2.47 bits per heavy atom. The Kier molecular flexibility index (Phi) is 8.77. The highest BCUT2D eigenvalue weighted by Crippen LogP contribution is 1.90. The lowest BCUT2D eigenvalue weighted by Gasteiger charge is -2.07. The maximum absolute atomic E-state index is 11.0. The largest absolute Gasteiger partial charge is 0.460 e. The number of esters is 1. The first-order valence-electron chi connectivity index (χ1n) is 5.39. The Hall–Kier alpha value is -1.56. The number of hydrogen-bond donors (Lipinski definition) is 1. The molecule has 0 unspecified atom stereocenters. The van der Waals surface area contributed by atoms with Crippen LogP contribution in [0.25, 0.3) is 0 Å². The van der Waals surface area contributed by atoms with Crippen molar-refractivity contribution in [1.82, 2.24) is 5.32 Å². The number of carbonyl (C=O) groups excluding carboxylic acids is 2. The number of carbonyl (C=O) groups is 2. The highest BCUT2D eigenvalue weighted by Gasteiger charge is 2.04. The number of nitrogens with one attached hydrogen (secondary N) is 1. The topological polar surface area (TPSA) is 73.9 Å². The summed E-state index contributed by atoms with van der Waals surface area (Å²) in [4.78, 5) is 22.0. The van der Waals surface area contributed by atoms with Crippen molar-refractivity contribution in [2.24, 2.45) is 0 Å². The molecule has 0 aliphatic heterocycles. The van der Waals surface area contributed by atoms with E-state index in [4.69, 9.17) is 14.2 Å². The predicted molar refractivity (Wildman–Crippen MR) is 61.6 cm³/mol. The second-order valence-electron chi connectivity index (χ2n) is 3.18. The lowest BCUT2D eigenvalue weighted by molar-refractivity contribution is -0.138. The van der Waals surface area contributed by atoms with Crippen molar-refractivity contribution in [3.05, 3.63) is 12.2 Å². The van der Waals surface area contributed by atoms with Crippen LogP contribution in [0.5, 0.6) is 0 Å². The van der Waals surface area contributed by atoms with E-state index in [0.717, 1.165) is 0 Å². The zero-order valence-corrected chi connectivity index (χ0v) is 10.3. The molecule has 98 valence electrons. The van der Waals surface area contributed by atoms with Crippen LogP contribution in [0.3, 0.4) is 0 Å². The van der Waals surface area contributed by atoms with Gasteiger partial charge in [0.25, 0.3) is 0 Å². The normalized spacial score (nSPS) is 9.53. The molecule has 0 aliphatic carbocycles. The molecule has 0 fully saturated rings. The second-order valence-corrected chi connectivity index (χ2v) is 3.18. The highest BCUT2D eigenvalue weighted by molar-refractivity contribution is 5.86. The van der Waals surface area contributed by atoms with Crippen LogP contribution in [0.1, 0.15) is 13.8 Å². The van der Waals surface area contributed by atoms with Crippen molar-refractivity contribution in [3.8, 4) is 0 Å². The Labute approximate surface area is 101 Å². The SMILES string of the molecule is C=C(C)C(=O)OCCNC(=O)OCCOCC. The first kappa shape index (κ1) is 15.4. The van der Waals surface area contributed by atoms with Gasteiger partial charge in [0.15, 0.2) is 0 Å². The van der Waals surface area contributed by atoms with Crippen molar-refractivity contribution in [2.75, 3.05) is 33.0 Å². The molecule has 0 aromatic carbocycles. The summed E-state index contributed by atoms with van der Waals surface area (Å²) in [6.45, 7) is 8.28. The fourth-order valence-corrected chi connectivity index (χ4v) is 0.809. The standard InChI is InChI=1S/C11H19NO5/c1-4-15-7-8-17-11(14)12-5-6-16-10(13)9(2)3/h2,4-8H2,1,3H3,(H,12,14). The summed E-state index contributed by atoms with van der Waals surface area (Å²) in [6, 6.07) is 0. The van der Waals surface area contributed by atoms with Gasteiger partial charge in [-0.3, -0.25) is 0 Å². The number of ether oxygens (including phenoxy) is 3. The van der Waals surface area contributed by atoms with Crippen LogP contribution in [-0.2, 0) is 19.0 Å². The second kappa shape index (κ2) is 9.65. The van der Waals surface area contributed by atoms with E-state index in [9.17, 15) is 9.59 Å². The molecule has 0 saturated heterocycles. The van der Waals surface area contributed by atoms with E-state index in [1.807, 2.05) is 6.92 Å². The number of hydrogen-bond acceptors (Lipinski definition) is 5. The Bertz CT molecular complexity index is 265. The molecule has 0 aromatic rings. The summed E-state index contributed by atoms with van der Waals surface area (Å²) in [6.07, 6.45) is -0.559. The van der Waals surface area contributed by atoms with E-state index < -0.39 is 12.1 Å². The van der Waals surface area contributed by atoms with Crippen LogP contribution < -0.4 is 5.32 Å². The molecule has 0 saturated carbocycles. The van der Waals surface area contributed by atoms with Crippen molar-refractivity contribution < 1.29 is 23.8 Å². The van der Waals surface area contributed by atoms with Gasteiger partial charge in [0.1, 0.15) is 13.2 Å².